The van der Waals surface area contributed by atoms with E-state index in [4.69, 9.17) is 11.5 Å². The zero-order valence-electron chi connectivity index (χ0n) is 14.1. The van der Waals surface area contributed by atoms with Crippen molar-refractivity contribution in [3.05, 3.63) is 11.4 Å². The fourth-order valence-corrected chi connectivity index (χ4v) is 2.55. The van der Waals surface area contributed by atoms with Crippen molar-refractivity contribution in [1.82, 2.24) is 0 Å². The van der Waals surface area contributed by atoms with Gasteiger partial charge < -0.3 is 11.5 Å². The van der Waals surface area contributed by atoms with E-state index in [1.54, 1.807) is 0 Å². The van der Waals surface area contributed by atoms with Gasteiger partial charge in [-0.15, -0.1) is 0 Å². The molecule has 0 saturated heterocycles. The summed E-state index contributed by atoms with van der Waals surface area (Å²) in [5.74, 6) is 0.518. The van der Waals surface area contributed by atoms with Crippen LogP contribution in [0.25, 0.3) is 0 Å². The van der Waals surface area contributed by atoms with Gasteiger partial charge in [0.05, 0.1) is 5.82 Å². The van der Waals surface area contributed by atoms with Crippen LogP contribution in [0.4, 0.5) is 0 Å². The molecule has 0 bridgehead atoms. The minimum Gasteiger partial charge on any atom is -0.386 e. The normalized spacial score (nSPS) is 10.7. The minimum absolute atomic E-state index is 0.518. The molecule has 2 heteroatoms. The molecule has 0 aromatic heterocycles. The highest BCUT2D eigenvalue weighted by Gasteiger charge is 1.96. The quantitative estimate of drug-likeness (QED) is 0.406. The van der Waals surface area contributed by atoms with Crippen LogP contribution >= 0.6 is 0 Å². The summed E-state index contributed by atoms with van der Waals surface area (Å²) in [7, 11) is 0. The summed E-state index contributed by atoms with van der Waals surface area (Å²) in [5.41, 5.74) is 12.2. The summed E-state index contributed by atoms with van der Waals surface area (Å²) in [6.45, 7) is 4.32. The summed E-state index contributed by atoms with van der Waals surface area (Å²) in [4.78, 5) is 0. The zero-order valence-corrected chi connectivity index (χ0v) is 14.1. The number of unbranched alkanes of at least 4 members (excludes halogenated alkanes) is 12. The molecule has 0 aliphatic heterocycles. The Bertz CT molecular complexity index is 230. The van der Waals surface area contributed by atoms with Gasteiger partial charge in [-0.2, -0.15) is 0 Å². The molecule has 0 amide bonds. The van der Waals surface area contributed by atoms with Gasteiger partial charge in [0, 0.05) is 0 Å². The lowest BCUT2D eigenvalue weighted by Gasteiger charge is -2.04. The molecule has 0 fully saturated rings. The standard InChI is InChI=1S/C18H38N2/c1-3-4-5-6-7-8-9-10-11-12-13-14-15-16-17(2)18(19)20/h3-16,19-20H2,1-2H3. The van der Waals surface area contributed by atoms with E-state index >= 15 is 0 Å². The van der Waals surface area contributed by atoms with Crippen LogP contribution in [-0.4, -0.2) is 0 Å². The van der Waals surface area contributed by atoms with Crippen molar-refractivity contribution in [3.63, 3.8) is 0 Å². The number of hydrogen-bond acceptors (Lipinski definition) is 2. The Labute approximate surface area is 127 Å². The number of nitrogens with two attached hydrogens (primary N) is 2. The van der Waals surface area contributed by atoms with Crippen molar-refractivity contribution in [3.8, 4) is 0 Å². The molecule has 0 aliphatic carbocycles. The molecule has 0 heterocycles. The maximum absolute atomic E-state index is 5.54. The summed E-state index contributed by atoms with van der Waals surface area (Å²) < 4.78 is 0. The second-order valence-corrected chi connectivity index (χ2v) is 6.23. The van der Waals surface area contributed by atoms with Crippen molar-refractivity contribution in [2.75, 3.05) is 0 Å². The third-order valence-electron chi connectivity index (χ3n) is 4.15. The van der Waals surface area contributed by atoms with Crippen molar-refractivity contribution in [2.24, 2.45) is 11.5 Å². The highest BCUT2D eigenvalue weighted by atomic mass is 14.8. The van der Waals surface area contributed by atoms with E-state index in [-0.39, 0.29) is 0 Å². The second-order valence-electron chi connectivity index (χ2n) is 6.23. The monoisotopic (exact) mass is 282 g/mol. The molecule has 120 valence electrons. The molecule has 0 aromatic rings. The van der Waals surface area contributed by atoms with E-state index < -0.39 is 0 Å². The first kappa shape index (κ1) is 19.3. The van der Waals surface area contributed by atoms with Crippen molar-refractivity contribution < 1.29 is 0 Å². The molecule has 0 unspecified atom stereocenters. The number of allylic oxidation sites excluding steroid dienone is 1. The molecule has 0 rings (SSSR count). The van der Waals surface area contributed by atoms with Gasteiger partial charge >= 0.3 is 0 Å². The van der Waals surface area contributed by atoms with Crippen LogP contribution in [-0.2, 0) is 0 Å². The van der Waals surface area contributed by atoms with Crippen LogP contribution in [0.15, 0.2) is 11.4 Å². The van der Waals surface area contributed by atoms with E-state index in [1.165, 1.54) is 83.5 Å². The van der Waals surface area contributed by atoms with Gasteiger partial charge in [-0.05, 0) is 25.3 Å². The van der Waals surface area contributed by atoms with Crippen molar-refractivity contribution in [2.45, 2.75) is 104 Å². The van der Waals surface area contributed by atoms with Gasteiger partial charge in [0.15, 0.2) is 0 Å². The summed E-state index contributed by atoms with van der Waals surface area (Å²) in [5, 5.41) is 0. The molecule has 0 saturated carbocycles. The lowest BCUT2D eigenvalue weighted by Crippen LogP contribution is -2.10. The second kappa shape index (κ2) is 14.7. The third kappa shape index (κ3) is 13.8. The van der Waals surface area contributed by atoms with Crippen LogP contribution in [0.2, 0.25) is 0 Å². The van der Waals surface area contributed by atoms with E-state index in [9.17, 15) is 0 Å². The van der Waals surface area contributed by atoms with Crippen molar-refractivity contribution in [1.29, 1.82) is 0 Å². The molecule has 20 heavy (non-hydrogen) atoms. The lowest BCUT2D eigenvalue weighted by molar-refractivity contribution is 0.539. The predicted octanol–water partition coefficient (Wildman–Crippen LogP) is 5.62. The first-order chi connectivity index (χ1) is 9.68. The Morgan fingerprint density at radius 3 is 1.30 bits per heavy atom. The van der Waals surface area contributed by atoms with E-state index in [2.05, 4.69) is 6.92 Å². The lowest BCUT2D eigenvalue weighted by atomic mass is 10.0. The third-order valence-corrected chi connectivity index (χ3v) is 4.15. The van der Waals surface area contributed by atoms with E-state index in [1.807, 2.05) is 6.92 Å². The van der Waals surface area contributed by atoms with Crippen molar-refractivity contribution >= 4 is 0 Å². The number of rotatable bonds is 14. The topological polar surface area (TPSA) is 52.0 Å². The largest absolute Gasteiger partial charge is 0.386 e. The van der Waals surface area contributed by atoms with Gasteiger partial charge in [-0.1, -0.05) is 84.0 Å². The smallest absolute Gasteiger partial charge is 0.0922 e. The molecule has 0 aliphatic rings. The SMILES string of the molecule is CCCCCCCCCCCCCCCC(C)=C(N)N. The van der Waals surface area contributed by atoms with Crippen LogP contribution in [0.1, 0.15) is 104 Å². The van der Waals surface area contributed by atoms with Gasteiger partial charge in [-0.25, -0.2) is 0 Å². The molecule has 0 spiro atoms. The highest BCUT2D eigenvalue weighted by Crippen LogP contribution is 2.14. The first-order valence-electron chi connectivity index (χ1n) is 8.89. The van der Waals surface area contributed by atoms with Gasteiger partial charge in [0.1, 0.15) is 0 Å². The molecule has 0 aromatic carbocycles. The first-order valence-corrected chi connectivity index (χ1v) is 8.89. The summed E-state index contributed by atoms with van der Waals surface area (Å²) in [6, 6.07) is 0. The van der Waals surface area contributed by atoms with Crippen LogP contribution in [0.3, 0.4) is 0 Å². The molecule has 0 atom stereocenters. The molecular weight excluding hydrogens is 244 g/mol. The molecule has 0 radical (unpaired) electrons. The Balaban J connectivity index is 3.08. The van der Waals surface area contributed by atoms with E-state index in [0.717, 1.165) is 12.0 Å². The summed E-state index contributed by atoms with van der Waals surface area (Å²) in [6.07, 6.45) is 19.3. The maximum Gasteiger partial charge on any atom is 0.0922 e. The van der Waals surface area contributed by atoms with Crippen LogP contribution in [0, 0.1) is 0 Å². The predicted molar refractivity (Wildman–Crippen MR) is 91.4 cm³/mol. The minimum atomic E-state index is 0.518. The highest BCUT2D eigenvalue weighted by molar-refractivity contribution is 5.03. The molecular formula is C18H38N2. The fraction of sp³-hybridized carbons (Fsp3) is 0.889. The Hall–Kier alpha value is -0.660. The Morgan fingerprint density at radius 2 is 0.950 bits per heavy atom. The van der Waals surface area contributed by atoms with Gasteiger partial charge in [0.2, 0.25) is 0 Å². The maximum atomic E-state index is 5.54. The molecule has 2 nitrogen and oxygen atoms in total. The Kier molecular flexibility index (Phi) is 14.3. The van der Waals surface area contributed by atoms with Gasteiger partial charge in [-0.3, -0.25) is 0 Å². The van der Waals surface area contributed by atoms with Crippen LogP contribution in [0.5, 0.6) is 0 Å². The van der Waals surface area contributed by atoms with Gasteiger partial charge in [0.25, 0.3) is 0 Å². The van der Waals surface area contributed by atoms with Crippen LogP contribution < -0.4 is 11.5 Å². The zero-order chi connectivity index (χ0) is 15.1. The fourth-order valence-electron chi connectivity index (χ4n) is 2.55. The summed E-state index contributed by atoms with van der Waals surface area (Å²) >= 11 is 0. The average molecular weight is 283 g/mol. The number of hydrogen-bond donors (Lipinski definition) is 2. The average Bonchev–Trinajstić information content (AvgIpc) is 2.43. The molecule has 4 N–H and O–H groups in total. The Morgan fingerprint density at radius 1 is 0.600 bits per heavy atom. The van der Waals surface area contributed by atoms with E-state index in [0.29, 0.717) is 5.82 Å².